The van der Waals surface area contributed by atoms with Crippen LogP contribution in [0.25, 0.3) is 4.96 Å². The van der Waals surface area contributed by atoms with Gasteiger partial charge in [0.25, 0.3) is 0 Å². The number of hydrogen-bond acceptors (Lipinski definition) is 4. The van der Waals surface area contributed by atoms with Crippen LogP contribution in [0.5, 0.6) is 0 Å². The number of aryl methyl sites for hydroxylation is 1. The van der Waals surface area contributed by atoms with E-state index in [0.717, 1.165) is 35.6 Å². The second kappa shape index (κ2) is 6.15. The van der Waals surface area contributed by atoms with E-state index in [2.05, 4.69) is 43.5 Å². The van der Waals surface area contributed by atoms with E-state index in [1.54, 1.807) is 11.3 Å². The maximum absolute atomic E-state index is 4.64. The molecular weight excluding hydrogens is 268 g/mol. The van der Waals surface area contributed by atoms with Gasteiger partial charge in [0.1, 0.15) is 0 Å². The Morgan fingerprint density at radius 2 is 2.30 bits per heavy atom. The largest absolute Gasteiger partial charge is 0.317 e. The Kier molecular flexibility index (Phi) is 4.08. The van der Waals surface area contributed by atoms with E-state index in [4.69, 9.17) is 0 Å². The van der Waals surface area contributed by atoms with Gasteiger partial charge in [0.15, 0.2) is 4.96 Å². The fourth-order valence-corrected chi connectivity index (χ4v) is 3.06. The first-order valence-electron chi connectivity index (χ1n) is 6.83. The Morgan fingerprint density at radius 1 is 1.35 bits per heavy atom. The molecule has 1 atom stereocenters. The van der Waals surface area contributed by atoms with Crippen molar-refractivity contribution in [3.8, 4) is 0 Å². The van der Waals surface area contributed by atoms with Gasteiger partial charge in [-0.25, -0.2) is 4.98 Å². The minimum absolute atomic E-state index is 0.432. The molecule has 3 heterocycles. The van der Waals surface area contributed by atoms with Crippen molar-refractivity contribution < 1.29 is 0 Å². The monoisotopic (exact) mass is 286 g/mol. The number of pyridine rings is 1. The molecule has 0 amide bonds. The topological polar surface area (TPSA) is 42.2 Å². The van der Waals surface area contributed by atoms with Gasteiger partial charge in [-0.2, -0.15) is 0 Å². The van der Waals surface area contributed by atoms with Crippen LogP contribution in [0.2, 0.25) is 0 Å². The number of hydrogen-bond donors (Lipinski definition) is 1. The molecule has 3 aromatic rings. The molecule has 0 fully saturated rings. The van der Waals surface area contributed by atoms with Gasteiger partial charge in [-0.1, -0.05) is 6.07 Å². The number of aromatic nitrogens is 3. The number of imidazole rings is 1. The molecule has 0 aliphatic heterocycles. The molecule has 3 aromatic heterocycles. The van der Waals surface area contributed by atoms with Crippen LogP contribution in [0.4, 0.5) is 0 Å². The highest BCUT2D eigenvalue weighted by atomic mass is 32.1. The molecule has 0 bridgehead atoms. The summed E-state index contributed by atoms with van der Waals surface area (Å²) in [5, 5.41) is 5.44. The van der Waals surface area contributed by atoms with Crippen molar-refractivity contribution in [1.82, 2.24) is 19.7 Å². The Bertz CT molecular complexity index is 630. The minimum Gasteiger partial charge on any atom is -0.317 e. The summed E-state index contributed by atoms with van der Waals surface area (Å²) >= 11 is 1.67. The first-order valence-corrected chi connectivity index (χ1v) is 7.71. The van der Waals surface area contributed by atoms with E-state index in [1.165, 1.54) is 0 Å². The van der Waals surface area contributed by atoms with E-state index in [0.29, 0.717) is 6.04 Å². The van der Waals surface area contributed by atoms with Crippen molar-refractivity contribution in [1.29, 1.82) is 0 Å². The molecule has 0 aliphatic rings. The van der Waals surface area contributed by atoms with Crippen molar-refractivity contribution in [2.75, 3.05) is 7.05 Å². The van der Waals surface area contributed by atoms with Gasteiger partial charge in [-0.3, -0.25) is 9.38 Å². The van der Waals surface area contributed by atoms with Gasteiger partial charge in [0, 0.05) is 42.1 Å². The average Bonchev–Trinajstić information content (AvgIpc) is 3.05. The minimum atomic E-state index is 0.432. The van der Waals surface area contributed by atoms with Crippen LogP contribution in [-0.4, -0.2) is 27.5 Å². The molecule has 1 unspecified atom stereocenters. The maximum atomic E-state index is 4.64. The van der Waals surface area contributed by atoms with Crippen LogP contribution >= 0.6 is 11.3 Å². The third-order valence-electron chi connectivity index (χ3n) is 3.48. The van der Waals surface area contributed by atoms with E-state index in [9.17, 15) is 0 Å². The van der Waals surface area contributed by atoms with Crippen LogP contribution in [0.1, 0.15) is 17.8 Å². The van der Waals surface area contributed by atoms with E-state index >= 15 is 0 Å². The molecule has 5 heteroatoms. The molecule has 1 N–H and O–H groups in total. The molecule has 0 saturated carbocycles. The number of rotatable bonds is 6. The first-order chi connectivity index (χ1) is 9.85. The van der Waals surface area contributed by atoms with Crippen LogP contribution in [0.3, 0.4) is 0 Å². The molecule has 0 spiro atoms. The smallest absolute Gasteiger partial charge is 0.193 e. The molecule has 4 nitrogen and oxygen atoms in total. The lowest BCUT2D eigenvalue weighted by Crippen LogP contribution is -2.28. The summed E-state index contributed by atoms with van der Waals surface area (Å²) < 4.78 is 2.09. The van der Waals surface area contributed by atoms with Gasteiger partial charge in [0.2, 0.25) is 0 Å². The summed E-state index contributed by atoms with van der Waals surface area (Å²) in [6.07, 6.45) is 9.05. The summed E-state index contributed by atoms with van der Waals surface area (Å²) in [5.41, 5.74) is 2.30. The van der Waals surface area contributed by atoms with Crippen molar-refractivity contribution in [2.45, 2.75) is 25.3 Å². The zero-order valence-electron chi connectivity index (χ0n) is 11.5. The lowest BCUT2D eigenvalue weighted by Gasteiger charge is -2.14. The van der Waals surface area contributed by atoms with Crippen molar-refractivity contribution in [3.05, 3.63) is 53.6 Å². The van der Waals surface area contributed by atoms with Gasteiger partial charge in [-0.15, -0.1) is 11.3 Å². The summed E-state index contributed by atoms with van der Waals surface area (Å²) in [7, 11) is 2.02. The van der Waals surface area contributed by atoms with Crippen LogP contribution in [0, 0.1) is 0 Å². The molecular formula is C15H18N4S. The highest BCUT2D eigenvalue weighted by Gasteiger charge is 2.11. The molecule has 3 rings (SSSR count). The second-order valence-corrected chi connectivity index (χ2v) is 5.75. The molecule has 0 radical (unpaired) electrons. The molecule has 0 saturated heterocycles. The highest BCUT2D eigenvalue weighted by molar-refractivity contribution is 7.15. The number of thiazole rings is 1. The van der Waals surface area contributed by atoms with Gasteiger partial charge in [-0.05, 0) is 32.0 Å². The molecule has 0 aliphatic carbocycles. The van der Waals surface area contributed by atoms with Gasteiger partial charge < -0.3 is 5.32 Å². The standard InChI is InChI=1S/C15H18N4S/c1-16-13(6-5-12-4-2-3-7-17-12)10-14-11-19-8-9-20-15(19)18-14/h2-4,7-9,11,13,16H,5-6,10H2,1H3. The zero-order valence-corrected chi connectivity index (χ0v) is 12.3. The Balaban J connectivity index is 1.60. The van der Waals surface area contributed by atoms with Gasteiger partial charge >= 0.3 is 0 Å². The number of fused-ring (bicyclic) bond motifs is 1. The van der Waals surface area contributed by atoms with Crippen molar-refractivity contribution in [3.63, 3.8) is 0 Å². The number of likely N-dealkylation sites (N-methyl/N-ethyl adjacent to an activating group) is 1. The predicted octanol–water partition coefficient (Wildman–Crippen LogP) is 2.55. The Hall–Kier alpha value is -1.72. The van der Waals surface area contributed by atoms with E-state index in [1.807, 2.05) is 25.4 Å². The van der Waals surface area contributed by atoms with E-state index in [-0.39, 0.29) is 0 Å². The summed E-state index contributed by atoms with van der Waals surface area (Å²) in [6.45, 7) is 0. The maximum Gasteiger partial charge on any atom is 0.193 e. The SMILES string of the molecule is CNC(CCc1ccccn1)Cc1cn2ccsc2n1. The normalized spacial score (nSPS) is 12.8. The Morgan fingerprint density at radius 3 is 3.05 bits per heavy atom. The fourth-order valence-electron chi connectivity index (χ4n) is 2.34. The second-order valence-electron chi connectivity index (χ2n) is 4.87. The summed E-state index contributed by atoms with van der Waals surface area (Å²) in [4.78, 5) is 10.1. The number of nitrogens with zero attached hydrogens (tertiary/aromatic N) is 3. The fraction of sp³-hybridized carbons (Fsp3) is 0.333. The third-order valence-corrected chi connectivity index (χ3v) is 4.25. The molecule has 104 valence electrons. The van der Waals surface area contributed by atoms with E-state index < -0.39 is 0 Å². The zero-order chi connectivity index (χ0) is 13.8. The summed E-state index contributed by atoms with van der Waals surface area (Å²) in [5.74, 6) is 0. The highest BCUT2D eigenvalue weighted by Crippen LogP contribution is 2.14. The average molecular weight is 286 g/mol. The molecule has 20 heavy (non-hydrogen) atoms. The van der Waals surface area contributed by atoms with Crippen LogP contribution in [0.15, 0.2) is 42.2 Å². The van der Waals surface area contributed by atoms with Crippen molar-refractivity contribution >= 4 is 16.3 Å². The quantitative estimate of drug-likeness (QED) is 0.757. The first kappa shape index (κ1) is 13.3. The van der Waals surface area contributed by atoms with Crippen molar-refractivity contribution in [2.24, 2.45) is 0 Å². The van der Waals surface area contributed by atoms with Crippen LogP contribution < -0.4 is 5.32 Å². The van der Waals surface area contributed by atoms with Crippen LogP contribution in [-0.2, 0) is 12.8 Å². The lowest BCUT2D eigenvalue weighted by molar-refractivity contribution is 0.513. The lowest BCUT2D eigenvalue weighted by atomic mass is 10.0. The van der Waals surface area contributed by atoms with Gasteiger partial charge in [0.05, 0.1) is 5.69 Å². The summed E-state index contributed by atoms with van der Waals surface area (Å²) in [6, 6.07) is 6.51. The predicted molar refractivity (Wildman–Crippen MR) is 82.2 cm³/mol. The number of nitrogens with one attached hydrogen (secondary N) is 1. The third kappa shape index (κ3) is 3.05. The molecule has 0 aromatic carbocycles. The Labute approximate surface area is 122 Å².